The number of urea groups is 1. The number of amides is 4. The molecule has 2 unspecified atom stereocenters. The highest BCUT2D eigenvalue weighted by Crippen LogP contribution is 2.40. The molecule has 2 aliphatic heterocycles. The Morgan fingerprint density at radius 2 is 1.91 bits per heavy atom. The van der Waals surface area contributed by atoms with Gasteiger partial charge in [0.15, 0.2) is 0 Å². The van der Waals surface area contributed by atoms with E-state index in [9.17, 15) is 14.4 Å². The van der Waals surface area contributed by atoms with E-state index in [4.69, 9.17) is 0 Å². The van der Waals surface area contributed by atoms with Gasteiger partial charge in [0.2, 0.25) is 0 Å². The van der Waals surface area contributed by atoms with Gasteiger partial charge in [-0.05, 0) is 53.3 Å². The average Bonchev–Trinajstić information content (AvgIpc) is 3.64. The van der Waals surface area contributed by atoms with Crippen molar-refractivity contribution in [2.75, 3.05) is 6.54 Å². The molecule has 1 aromatic carbocycles. The zero-order chi connectivity index (χ0) is 23.3. The number of aryl methyl sites for hydroxylation is 1. The molecule has 6 rings (SSSR count). The van der Waals surface area contributed by atoms with Gasteiger partial charge in [0.25, 0.3) is 11.8 Å². The molecule has 1 spiro atoms. The third kappa shape index (κ3) is 3.30. The normalized spacial score (nSPS) is 23.9. The first-order chi connectivity index (χ1) is 16.6. The second-order valence-corrected chi connectivity index (χ2v) is 10.7. The van der Waals surface area contributed by atoms with Crippen molar-refractivity contribution < 1.29 is 14.4 Å². The summed E-state index contributed by atoms with van der Waals surface area (Å²) in [5.74, 6) is -0.720. The van der Waals surface area contributed by atoms with E-state index in [0.717, 1.165) is 44.3 Å². The number of nitrogens with zero attached hydrogens (tertiary/aromatic N) is 3. The van der Waals surface area contributed by atoms with E-state index in [1.165, 1.54) is 5.01 Å². The van der Waals surface area contributed by atoms with E-state index >= 15 is 0 Å². The van der Waals surface area contributed by atoms with Gasteiger partial charge >= 0.3 is 6.03 Å². The molecule has 0 radical (unpaired) electrons. The fourth-order valence-electron chi connectivity index (χ4n) is 5.20. The van der Waals surface area contributed by atoms with Gasteiger partial charge in [-0.2, -0.15) is 5.10 Å². The molecular formula is C25H22N4O3S2. The zero-order valence-corrected chi connectivity index (χ0v) is 19.9. The number of nitrogens with one attached hydrogen (secondary N) is 1. The molecule has 9 heteroatoms. The predicted octanol–water partition coefficient (Wildman–Crippen LogP) is 4.27. The van der Waals surface area contributed by atoms with E-state index in [-0.39, 0.29) is 24.4 Å². The molecule has 0 bridgehead atoms. The first-order valence-corrected chi connectivity index (χ1v) is 13.0. The second kappa shape index (κ2) is 8.18. The molecule has 4 heterocycles. The Kier molecular flexibility index (Phi) is 5.11. The van der Waals surface area contributed by atoms with Crippen LogP contribution in [0.5, 0.6) is 0 Å². The highest BCUT2D eigenvalue weighted by Gasteiger charge is 2.54. The minimum atomic E-state index is -1.09. The molecule has 2 aromatic heterocycles. The Morgan fingerprint density at radius 3 is 2.71 bits per heavy atom. The Balaban J connectivity index is 1.29. The van der Waals surface area contributed by atoms with Gasteiger partial charge < -0.3 is 5.32 Å². The summed E-state index contributed by atoms with van der Waals surface area (Å²) >= 11 is 3.15. The van der Waals surface area contributed by atoms with Crippen LogP contribution in [0.1, 0.15) is 46.2 Å². The lowest BCUT2D eigenvalue weighted by atomic mass is 9.76. The smallest absolute Gasteiger partial charge is 0.319 e. The number of hydrogen-bond acceptors (Lipinski definition) is 6. The zero-order valence-electron chi connectivity index (χ0n) is 18.3. The van der Waals surface area contributed by atoms with Gasteiger partial charge in [-0.15, -0.1) is 22.7 Å². The molecule has 4 amide bonds. The number of hydrogen-bond donors (Lipinski definition) is 1. The number of rotatable bonds is 4. The molecule has 3 aromatic rings. The lowest BCUT2D eigenvalue weighted by Gasteiger charge is -2.33. The molecule has 1 aliphatic carbocycles. The van der Waals surface area contributed by atoms with Crippen molar-refractivity contribution in [2.24, 2.45) is 5.10 Å². The van der Waals surface area contributed by atoms with Crippen molar-refractivity contribution in [1.82, 2.24) is 15.2 Å². The monoisotopic (exact) mass is 490 g/mol. The van der Waals surface area contributed by atoms with E-state index in [2.05, 4.69) is 10.4 Å². The fraction of sp³-hybridized carbons (Fsp3) is 0.280. The molecule has 172 valence electrons. The Labute approximate surface area is 204 Å². The van der Waals surface area contributed by atoms with Crippen LogP contribution in [0.15, 0.2) is 64.4 Å². The Bertz CT molecular complexity index is 1300. The minimum absolute atomic E-state index is 0.241. The molecule has 3 aliphatic rings. The topological polar surface area (TPSA) is 82.1 Å². The Morgan fingerprint density at radius 1 is 1.09 bits per heavy atom. The number of hydrazone groups is 1. The van der Waals surface area contributed by atoms with Crippen molar-refractivity contribution >= 4 is 46.2 Å². The Hall–Kier alpha value is -3.30. The maximum atomic E-state index is 13.6. The molecular weight excluding hydrogens is 468 g/mol. The minimum Gasteiger partial charge on any atom is -0.319 e. The van der Waals surface area contributed by atoms with Gasteiger partial charge in [0, 0.05) is 11.3 Å². The summed E-state index contributed by atoms with van der Waals surface area (Å²) in [6, 6.07) is 14.9. The summed E-state index contributed by atoms with van der Waals surface area (Å²) in [5.41, 5.74) is 1.66. The maximum absolute atomic E-state index is 13.6. The summed E-state index contributed by atoms with van der Waals surface area (Å²) in [6.45, 7) is -0.336. The van der Waals surface area contributed by atoms with Crippen LogP contribution in [0.2, 0.25) is 0 Å². The van der Waals surface area contributed by atoms with Gasteiger partial charge in [0.05, 0.1) is 16.6 Å². The van der Waals surface area contributed by atoms with E-state index < -0.39 is 11.6 Å². The van der Waals surface area contributed by atoms with Gasteiger partial charge in [-0.25, -0.2) is 9.80 Å². The highest BCUT2D eigenvalue weighted by atomic mass is 32.1. The van der Waals surface area contributed by atoms with Crippen LogP contribution in [0, 0.1) is 0 Å². The van der Waals surface area contributed by atoms with Crippen LogP contribution in [0.4, 0.5) is 4.79 Å². The van der Waals surface area contributed by atoms with Crippen LogP contribution >= 0.6 is 22.7 Å². The van der Waals surface area contributed by atoms with E-state index in [0.29, 0.717) is 12.8 Å². The summed E-state index contributed by atoms with van der Waals surface area (Å²) in [5, 5.41) is 13.0. The van der Waals surface area contributed by atoms with Crippen molar-refractivity contribution in [3.63, 3.8) is 0 Å². The van der Waals surface area contributed by atoms with E-state index in [1.807, 2.05) is 59.3 Å². The molecule has 2 atom stereocenters. The van der Waals surface area contributed by atoms with Crippen molar-refractivity contribution in [3.05, 3.63) is 80.2 Å². The highest BCUT2D eigenvalue weighted by molar-refractivity contribution is 7.12. The molecule has 34 heavy (non-hydrogen) atoms. The molecule has 0 saturated carbocycles. The first kappa shape index (κ1) is 21.2. The maximum Gasteiger partial charge on any atom is 0.325 e. The molecule has 1 fully saturated rings. The predicted molar refractivity (Wildman–Crippen MR) is 131 cm³/mol. The second-order valence-electron chi connectivity index (χ2n) is 8.74. The van der Waals surface area contributed by atoms with Crippen LogP contribution in [0.3, 0.4) is 0 Å². The summed E-state index contributed by atoms with van der Waals surface area (Å²) in [4.78, 5) is 43.2. The van der Waals surface area contributed by atoms with Crippen LogP contribution in [0.25, 0.3) is 0 Å². The SMILES string of the molecule is O=C1NC2(CCCc3ccccc32)C(=O)N1CC(=O)N1N=C(c2cccs2)CC1c1cccs1. The van der Waals surface area contributed by atoms with Crippen LogP contribution < -0.4 is 5.32 Å². The molecule has 1 saturated heterocycles. The van der Waals surface area contributed by atoms with Gasteiger partial charge in [-0.1, -0.05) is 36.4 Å². The number of fused-ring (bicyclic) bond motifs is 2. The number of imide groups is 1. The number of benzene rings is 1. The van der Waals surface area contributed by atoms with Gasteiger partial charge in [-0.3, -0.25) is 14.5 Å². The summed E-state index contributed by atoms with van der Waals surface area (Å²) in [7, 11) is 0. The van der Waals surface area contributed by atoms with Crippen LogP contribution in [-0.2, 0) is 21.5 Å². The molecule has 1 N–H and O–H groups in total. The fourth-order valence-corrected chi connectivity index (χ4v) is 6.73. The third-order valence-electron chi connectivity index (χ3n) is 6.79. The number of carbonyl (C=O) groups excluding carboxylic acids is 3. The number of carbonyl (C=O) groups is 3. The summed E-state index contributed by atoms with van der Waals surface area (Å²) < 4.78 is 0. The van der Waals surface area contributed by atoms with Gasteiger partial charge in [0.1, 0.15) is 12.1 Å². The standard InChI is InChI=1S/C25H22N4O3S2/c30-22(29-19(21-10-5-13-34-21)14-18(27-29)20-9-4-12-33-20)15-28-23(31)25(26-24(28)32)11-3-7-16-6-1-2-8-17(16)25/h1-2,4-6,8-10,12-13,19H,3,7,11,14-15H2,(H,26,32). The lowest BCUT2D eigenvalue weighted by molar-refractivity contribution is -0.140. The summed E-state index contributed by atoms with van der Waals surface area (Å²) in [6.07, 6.45) is 2.80. The third-order valence-corrected chi connectivity index (χ3v) is 8.68. The lowest BCUT2D eigenvalue weighted by Crippen LogP contribution is -2.47. The average molecular weight is 491 g/mol. The quantitative estimate of drug-likeness (QED) is 0.555. The number of thiophene rings is 2. The van der Waals surface area contributed by atoms with E-state index in [1.54, 1.807) is 22.7 Å². The van der Waals surface area contributed by atoms with Crippen molar-refractivity contribution in [1.29, 1.82) is 0 Å². The van der Waals surface area contributed by atoms with Crippen LogP contribution in [-0.4, -0.2) is 40.0 Å². The van der Waals surface area contributed by atoms with Crippen molar-refractivity contribution in [3.8, 4) is 0 Å². The largest absolute Gasteiger partial charge is 0.325 e. The molecule has 7 nitrogen and oxygen atoms in total. The van der Waals surface area contributed by atoms with Crippen molar-refractivity contribution in [2.45, 2.75) is 37.3 Å². The first-order valence-electron chi connectivity index (χ1n) is 11.3.